The van der Waals surface area contributed by atoms with Crippen LogP contribution in [0.25, 0.3) is 38.8 Å². The normalized spacial score (nSPS) is 11.3. The van der Waals surface area contributed by atoms with E-state index < -0.39 is 0 Å². The molecule has 0 spiro atoms. The van der Waals surface area contributed by atoms with E-state index in [-0.39, 0.29) is 0 Å². The molecule has 0 saturated carbocycles. The van der Waals surface area contributed by atoms with Gasteiger partial charge in [-0.1, -0.05) is 59.6 Å². The van der Waals surface area contributed by atoms with Crippen molar-refractivity contribution in [2.75, 3.05) is 0 Å². The summed E-state index contributed by atoms with van der Waals surface area (Å²) in [6, 6.07) is 24.4. The molecule has 0 atom stereocenters. The van der Waals surface area contributed by atoms with Gasteiger partial charge < -0.3 is 0 Å². The summed E-state index contributed by atoms with van der Waals surface area (Å²) in [5, 5.41) is 7.71. The van der Waals surface area contributed by atoms with Crippen LogP contribution in [0, 0.1) is 6.92 Å². The van der Waals surface area contributed by atoms with Gasteiger partial charge in [-0.15, -0.1) is 0 Å². The molecule has 0 aliphatic rings. The molecule has 3 aromatic carbocycles. The van der Waals surface area contributed by atoms with Crippen LogP contribution >= 0.6 is 11.6 Å². The summed E-state index contributed by atoms with van der Waals surface area (Å²) in [6.45, 7) is 2.09. The zero-order valence-corrected chi connectivity index (χ0v) is 15.5. The summed E-state index contributed by atoms with van der Waals surface area (Å²) in [5.41, 5.74) is 6.15. The first-order chi connectivity index (χ1) is 13.2. The average molecular weight is 370 g/mol. The highest BCUT2D eigenvalue weighted by Crippen LogP contribution is 2.34. The molecule has 0 N–H and O–H groups in total. The van der Waals surface area contributed by atoms with Crippen LogP contribution in [0.5, 0.6) is 0 Å². The first-order valence-corrected chi connectivity index (χ1v) is 9.18. The van der Waals surface area contributed by atoms with Crippen molar-refractivity contribution in [3.05, 3.63) is 89.6 Å². The molecular formula is C23H16ClN3. The van der Waals surface area contributed by atoms with Crippen LogP contribution in [-0.2, 0) is 0 Å². The molecule has 2 aromatic heterocycles. The molecular weight excluding hydrogens is 354 g/mol. The van der Waals surface area contributed by atoms with Gasteiger partial charge in [-0.05, 0) is 37.3 Å². The minimum Gasteiger partial charge on any atom is -0.255 e. The lowest BCUT2D eigenvalue weighted by molar-refractivity contribution is 0.917. The number of aryl methyl sites for hydroxylation is 1. The van der Waals surface area contributed by atoms with E-state index in [0.29, 0.717) is 5.02 Å². The van der Waals surface area contributed by atoms with Crippen LogP contribution < -0.4 is 0 Å². The third-order valence-electron chi connectivity index (χ3n) is 4.80. The molecule has 5 rings (SSSR count). The molecule has 4 heteroatoms. The zero-order chi connectivity index (χ0) is 18.4. The molecule has 5 aromatic rings. The standard InChI is InChI=1S/C23H16ClN3/c1-15-7-9-16(10-8-15)22-20-14-25-21-13-17(24)11-12-19(21)23(20)27(26-22)18-5-3-2-4-6-18/h2-14H,1H3. The first kappa shape index (κ1) is 16.0. The van der Waals surface area contributed by atoms with E-state index in [2.05, 4.69) is 48.3 Å². The van der Waals surface area contributed by atoms with Crippen molar-refractivity contribution in [1.82, 2.24) is 14.8 Å². The van der Waals surface area contributed by atoms with Crippen molar-refractivity contribution in [3.63, 3.8) is 0 Å². The smallest absolute Gasteiger partial charge is 0.102 e. The van der Waals surface area contributed by atoms with Crippen LogP contribution in [0.15, 0.2) is 79.0 Å². The Morgan fingerprint density at radius 3 is 2.41 bits per heavy atom. The Balaban J connectivity index is 1.90. The Labute approximate surface area is 161 Å². The number of hydrogen-bond acceptors (Lipinski definition) is 2. The molecule has 0 aliphatic carbocycles. The Morgan fingerprint density at radius 1 is 0.852 bits per heavy atom. The highest BCUT2D eigenvalue weighted by molar-refractivity contribution is 6.31. The lowest BCUT2D eigenvalue weighted by Gasteiger charge is -2.06. The highest BCUT2D eigenvalue weighted by atomic mass is 35.5. The lowest BCUT2D eigenvalue weighted by Crippen LogP contribution is -1.96. The molecule has 130 valence electrons. The molecule has 0 bridgehead atoms. The van der Waals surface area contributed by atoms with Crippen LogP contribution in [0.2, 0.25) is 5.02 Å². The van der Waals surface area contributed by atoms with Crippen molar-refractivity contribution < 1.29 is 0 Å². The second-order valence-electron chi connectivity index (χ2n) is 6.64. The molecule has 0 amide bonds. The third-order valence-corrected chi connectivity index (χ3v) is 5.03. The number of nitrogens with zero attached hydrogens (tertiary/aromatic N) is 3. The molecule has 0 radical (unpaired) electrons. The number of hydrogen-bond donors (Lipinski definition) is 0. The predicted molar refractivity (Wildman–Crippen MR) is 112 cm³/mol. The second kappa shape index (κ2) is 6.22. The number of halogens is 1. The SMILES string of the molecule is Cc1ccc(-c2nn(-c3ccccc3)c3c2cnc2cc(Cl)ccc23)cc1. The number of aromatic nitrogens is 3. The van der Waals surface area contributed by atoms with Crippen molar-refractivity contribution in [2.45, 2.75) is 6.92 Å². The summed E-state index contributed by atoms with van der Waals surface area (Å²) in [6.07, 6.45) is 1.90. The van der Waals surface area contributed by atoms with E-state index in [1.807, 2.05) is 47.3 Å². The Bertz CT molecular complexity index is 1270. The molecule has 3 nitrogen and oxygen atoms in total. The van der Waals surface area contributed by atoms with Gasteiger partial charge in [-0.25, -0.2) is 4.68 Å². The first-order valence-electron chi connectivity index (χ1n) is 8.80. The minimum atomic E-state index is 0.680. The van der Waals surface area contributed by atoms with E-state index in [1.165, 1.54) is 5.56 Å². The van der Waals surface area contributed by atoms with Gasteiger partial charge in [0.05, 0.1) is 16.7 Å². The maximum Gasteiger partial charge on any atom is 0.102 e. The number of benzene rings is 3. The van der Waals surface area contributed by atoms with Crippen molar-refractivity contribution in [3.8, 4) is 16.9 Å². The molecule has 27 heavy (non-hydrogen) atoms. The van der Waals surface area contributed by atoms with Crippen molar-refractivity contribution in [1.29, 1.82) is 0 Å². The number of rotatable bonds is 2. The van der Waals surface area contributed by atoms with Gasteiger partial charge in [0.2, 0.25) is 0 Å². The van der Waals surface area contributed by atoms with Crippen LogP contribution in [0.4, 0.5) is 0 Å². The van der Waals surface area contributed by atoms with Crippen LogP contribution in [0.3, 0.4) is 0 Å². The molecule has 0 unspecified atom stereocenters. The van der Waals surface area contributed by atoms with E-state index in [1.54, 1.807) is 0 Å². The van der Waals surface area contributed by atoms with Crippen molar-refractivity contribution >= 4 is 33.4 Å². The zero-order valence-electron chi connectivity index (χ0n) is 14.7. The van der Waals surface area contributed by atoms with E-state index in [0.717, 1.165) is 38.8 Å². The predicted octanol–water partition coefficient (Wildman–Crippen LogP) is 6.20. The van der Waals surface area contributed by atoms with E-state index >= 15 is 0 Å². The van der Waals surface area contributed by atoms with Gasteiger partial charge in [0, 0.05) is 27.6 Å². The largest absolute Gasteiger partial charge is 0.255 e. The highest BCUT2D eigenvalue weighted by Gasteiger charge is 2.17. The van der Waals surface area contributed by atoms with Gasteiger partial charge >= 0.3 is 0 Å². The maximum absolute atomic E-state index is 6.18. The summed E-state index contributed by atoms with van der Waals surface area (Å²) in [4.78, 5) is 4.64. The second-order valence-corrected chi connectivity index (χ2v) is 7.08. The van der Waals surface area contributed by atoms with Crippen LogP contribution in [-0.4, -0.2) is 14.8 Å². The maximum atomic E-state index is 6.18. The van der Waals surface area contributed by atoms with Gasteiger partial charge in [0.15, 0.2) is 0 Å². The molecule has 0 saturated heterocycles. The summed E-state index contributed by atoms with van der Waals surface area (Å²) in [7, 11) is 0. The lowest BCUT2D eigenvalue weighted by atomic mass is 10.1. The fraction of sp³-hybridized carbons (Fsp3) is 0.0435. The quantitative estimate of drug-likeness (QED) is 0.370. The van der Waals surface area contributed by atoms with Crippen molar-refractivity contribution in [2.24, 2.45) is 0 Å². The third kappa shape index (κ3) is 2.68. The summed E-state index contributed by atoms with van der Waals surface area (Å²) < 4.78 is 2.00. The van der Waals surface area contributed by atoms with Crippen LogP contribution in [0.1, 0.15) is 5.56 Å². The minimum absolute atomic E-state index is 0.680. The van der Waals surface area contributed by atoms with Gasteiger partial charge in [-0.3, -0.25) is 4.98 Å². The topological polar surface area (TPSA) is 30.7 Å². The van der Waals surface area contributed by atoms with Gasteiger partial charge in [0.1, 0.15) is 5.69 Å². The molecule has 0 fully saturated rings. The Kier molecular flexibility index (Phi) is 3.69. The summed E-state index contributed by atoms with van der Waals surface area (Å²) in [5.74, 6) is 0. The number of para-hydroxylation sites is 1. The van der Waals surface area contributed by atoms with Gasteiger partial charge in [-0.2, -0.15) is 5.10 Å². The summed E-state index contributed by atoms with van der Waals surface area (Å²) >= 11 is 6.18. The Morgan fingerprint density at radius 2 is 1.63 bits per heavy atom. The molecule has 2 heterocycles. The van der Waals surface area contributed by atoms with Gasteiger partial charge in [0.25, 0.3) is 0 Å². The fourth-order valence-electron chi connectivity index (χ4n) is 3.44. The fourth-order valence-corrected chi connectivity index (χ4v) is 3.60. The Hall–Kier alpha value is -3.17. The molecule has 0 aliphatic heterocycles. The number of pyridine rings is 1. The van der Waals surface area contributed by atoms with E-state index in [9.17, 15) is 0 Å². The number of fused-ring (bicyclic) bond motifs is 3. The van der Waals surface area contributed by atoms with E-state index in [4.69, 9.17) is 16.7 Å². The monoisotopic (exact) mass is 369 g/mol. The average Bonchev–Trinajstić information content (AvgIpc) is 3.09.